The topological polar surface area (TPSA) is 132 Å². The number of nitrogens with two attached hydrogens (primary N) is 1. The number of anilines is 2. The van der Waals surface area contributed by atoms with Gasteiger partial charge in [0.05, 0.1) is 17.8 Å². The second kappa shape index (κ2) is 11.3. The van der Waals surface area contributed by atoms with Gasteiger partial charge in [-0.2, -0.15) is 0 Å². The smallest absolute Gasteiger partial charge is 0.319 e. The molecule has 0 radical (unpaired) electrons. The van der Waals surface area contributed by atoms with Gasteiger partial charge in [0, 0.05) is 11.4 Å². The number of likely N-dealkylation sites (N-methyl/N-ethyl adjacent to an activating group) is 1. The second-order valence-electron chi connectivity index (χ2n) is 12.8. The van der Waals surface area contributed by atoms with E-state index in [1.54, 1.807) is 29.0 Å². The lowest BCUT2D eigenvalue weighted by molar-refractivity contribution is 0.171. The van der Waals surface area contributed by atoms with Crippen molar-refractivity contribution in [2.24, 2.45) is 0 Å². The highest BCUT2D eigenvalue weighted by molar-refractivity contribution is 5.91. The van der Waals surface area contributed by atoms with Crippen molar-refractivity contribution >= 4 is 23.2 Å². The first kappa shape index (κ1) is 29.4. The van der Waals surface area contributed by atoms with Crippen LogP contribution in [-0.4, -0.2) is 40.5 Å². The van der Waals surface area contributed by atoms with Crippen LogP contribution in [-0.2, 0) is 5.41 Å². The zero-order chi connectivity index (χ0) is 30.2. The molecule has 1 fully saturated rings. The van der Waals surface area contributed by atoms with Gasteiger partial charge in [-0.1, -0.05) is 45.0 Å². The number of carbonyl (C=O) groups is 1. The molecule has 3 atom stereocenters. The number of hydrogen-bond donors (Lipinski definition) is 5. The van der Waals surface area contributed by atoms with E-state index < -0.39 is 5.54 Å². The molecule has 2 aromatic carbocycles. The summed E-state index contributed by atoms with van der Waals surface area (Å²) in [6.45, 7) is 9.35. The van der Waals surface area contributed by atoms with Gasteiger partial charge in [-0.15, -0.1) is 0 Å². The van der Waals surface area contributed by atoms with Gasteiger partial charge < -0.3 is 21.1 Å². The van der Waals surface area contributed by atoms with Crippen molar-refractivity contribution in [2.75, 3.05) is 24.6 Å². The maximum absolute atomic E-state index is 13.1. The van der Waals surface area contributed by atoms with Crippen molar-refractivity contribution in [2.45, 2.75) is 76.5 Å². The highest BCUT2D eigenvalue weighted by Gasteiger charge is 2.39. The fourth-order valence-electron chi connectivity index (χ4n) is 6.06. The number of ether oxygens (including phenoxy) is 1. The SMILES string of the molecule is CN1CCC[C@@]1(C)C(=N)n1cc(OC2CC[C@H](NC(=O)Nc3cc(N)cc(C(C)(C)C)c3)c3ccccc32)ccc1=N. The minimum Gasteiger partial charge on any atom is -0.484 e. The molecule has 9 nitrogen and oxygen atoms in total. The Labute approximate surface area is 248 Å². The first-order valence-electron chi connectivity index (χ1n) is 14.7. The van der Waals surface area contributed by atoms with Crippen LogP contribution in [0.1, 0.15) is 82.2 Å². The molecule has 5 rings (SSSR count). The lowest BCUT2D eigenvalue weighted by Crippen LogP contribution is -2.50. The van der Waals surface area contributed by atoms with Crippen LogP contribution in [0, 0.1) is 10.8 Å². The van der Waals surface area contributed by atoms with Gasteiger partial charge in [0.25, 0.3) is 0 Å². The molecule has 0 bridgehead atoms. The van der Waals surface area contributed by atoms with Gasteiger partial charge in [-0.25, -0.2) is 4.79 Å². The normalized spacial score (nSPS) is 22.3. The molecule has 1 aromatic heterocycles. The molecule has 42 heavy (non-hydrogen) atoms. The number of aromatic nitrogens is 1. The zero-order valence-corrected chi connectivity index (χ0v) is 25.3. The maximum atomic E-state index is 13.1. The number of nitrogen functional groups attached to an aromatic ring is 1. The van der Waals surface area contributed by atoms with E-state index in [-0.39, 0.29) is 29.1 Å². The number of benzene rings is 2. The number of carbonyl (C=O) groups excluding carboxylic acids is 1. The van der Waals surface area contributed by atoms with Gasteiger partial charge in [0.1, 0.15) is 23.2 Å². The first-order chi connectivity index (χ1) is 19.8. The molecule has 1 saturated heterocycles. The molecular weight excluding hydrogens is 526 g/mol. The number of urea groups is 1. The number of amides is 2. The number of hydrogen-bond acceptors (Lipinski definition) is 6. The molecule has 9 heteroatoms. The summed E-state index contributed by atoms with van der Waals surface area (Å²) in [6, 6.07) is 16.7. The second-order valence-corrected chi connectivity index (χ2v) is 12.8. The van der Waals surface area contributed by atoms with Crippen LogP contribution in [0.4, 0.5) is 16.2 Å². The van der Waals surface area contributed by atoms with Crippen molar-refractivity contribution in [3.05, 3.63) is 83.0 Å². The van der Waals surface area contributed by atoms with Crippen molar-refractivity contribution in [3.63, 3.8) is 0 Å². The third-order valence-corrected chi connectivity index (χ3v) is 8.77. The Hall–Kier alpha value is -4.11. The summed E-state index contributed by atoms with van der Waals surface area (Å²) >= 11 is 0. The van der Waals surface area contributed by atoms with Gasteiger partial charge in [-0.3, -0.25) is 20.3 Å². The van der Waals surface area contributed by atoms with E-state index in [0.717, 1.165) is 36.1 Å². The lowest BCUT2D eigenvalue weighted by atomic mass is 9.85. The Morgan fingerprint density at radius 2 is 1.83 bits per heavy atom. The van der Waals surface area contributed by atoms with Crippen molar-refractivity contribution in [1.29, 1.82) is 10.8 Å². The predicted molar refractivity (Wildman–Crippen MR) is 167 cm³/mol. The summed E-state index contributed by atoms with van der Waals surface area (Å²) in [5.74, 6) is 0.993. The van der Waals surface area contributed by atoms with Gasteiger partial charge in [-0.05, 0) is 98.6 Å². The highest BCUT2D eigenvalue weighted by atomic mass is 16.5. The average Bonchev–Trinajstić information content (AvgIpc) is 3.28. The van der Waals surface area contributed by atoms with E-state index in [9.17, 15) is 4.79 Å². The van der Waals surface area contributed by atoms with Crippen LogP contribution >= 0.6 is 0 Å². The molecule has 2 heterocycles. The molecule has 0 saturated carbocycles. The molecule has 1 aliphatic heterocycles. The van der Waals surface area contributed by atoms with Gasteiger partial charge in [0.2, 0.25) is 0 Å². The lowest BCUT2D eigenvalue weighted by Gasteiger charge is -2.34. The van der Waals surface area contributed by atoms with Crippen LogP contribution < -0.4 is 26.6 Å². The van der Waals surface area contributed by atoms with E-state index >= 15 is 0 Å². The molecule has 2 amide bonds. The van der Waals surface area contributed by atoms with Crippen LogP contribution in [0.3, 0.4) is 0 Å². The van der Waals surface area contributed by atoms with E-state index in [4.69, 9.17) is 21.3 Å². The van der Waals surface area contributed by atoms with Crippen molar-refractivity contribution in [1.82, 2.24) is 14.8 Å². The Balaban J connectivity index is 1.31. The quantitative estimate of drug-likeness (QED) is 0.148. The summed E-state index contributed by atoms with van der Waals surface area (Å²) in [7, 11) is 2.04. The predicted octanol–water partition coefficient (Wildman–Crippen LogP) is 5.93. The summed E-state index contributed by atoms with van der Waals surface area (Å²) < 4.78 is 8.13. The van der Waals surface area contributed by atoms with Crippen LogP contribution in [0.25, 0.3) is 0 Å². The Kier molecular flexibility index (Phi) is 7.90. The molecule has 2 aliphatic rings. The number of rotatable bonds is 5. The number of fused-ring (bicyclic) bond motifs is 1. The fourth-order valence-corrected chi connectivity index (χ4v) is 6.06. The molecule has 0 spiro atoms. The van der Waals surface area contributed by atoms with Crippen molar-refractivity contribution < 1.29 is 9.53 Å². The first-order valence-corrected chi connectivity index (χ1v) is 14.7. The van der Waals surface area contributed by atoms with Crippen molar-refractivity contribution in [3.8, 4) is 5.75 Å². The third kappa shape index (κ3) is 5.92. The monoisotopic (exact) mass is 569 g/mol. The standard InChI is InChI=1S/C33H43N7O2/c1-32(2,3)21-17-22(34)19-23(18-21)37-31(41)38-27-12-13-28(26-10-7-6-9-25(26)27)42-24-11-14-29(35)40(20-24)30(36)33(4)15-8-16-39(33)5/h6-7,9-11,14,17-20,27-28,35-36H,8,12-13,15-16,34H2,1-5H3,(H2,37,38,41)/t27-,28?,33-/m0/s1. The Morgan fingerprint density at radius 3 is 2.52 bits per heavy atom. The third-order valence-electron chi connectivity index (χ3n) is 8.77. The largest absolute Gasteiger partial charge is 0.484 e. The minimum absolute atomic E-state index is 0.0923. The molecule has 222 valence electrons. The zero-order valence-electron chi connectivity index (χ0n) is 25.3. The molecule has 6 N–H and O–H groups in total. The van der Waals surface area contributed by atoms with Crippen LogP contribution in [0.2, 0.25) is 0 Å². The summed E-state index contributed by atoms with van der Waals surface area (Å²) in [6.07, 6.45) is 4.87. The van der Waals surface area contributed by atoms with Gasteiger partial charge >= 0.3 is 6.03 Å². The molecular formula is C33H43N7O2. The van der Waals surface area contributed by atoms with E-state index in [2.05, 4.69) is 43.2 Å². The van der Waals surface area contributed by atoms with Crippen LogP contribution in [0.15, 0.2) is 60.8 Å². The summed E-state index contributed by atoms with van der Waals surface area (Å²) in [5.41, 5.74) is 10.2. The summed E-state index contributed by atoms with van der Waals surface area (Å²) in [5, 5.41) is 23.5. The van der Waals surface area contributed by atoms with Crippen LogP contribution in [0.5, 0.6) is 5.75 Å². The highest BCUT2D eigenvalue weighted by Crippen LogP contribution is 2.39. The average molecular weight is 570 g/mol. The summed E-state index contributed by atoms with van der Waals surface area (Å²) in [4.78, 5) is 15.3. The van der Waals surface area contributed by atoms with E-state index in [0.29, 0.717) is 35.8 Å². The van der Waals surface area contributed by atoms with E-state index in [1.165, 1.54) is 0 Å². The van der Waals surface area contributed by atoms with E-state index in [1.807, 2.05) is 43.4 Å². The number of nitrogens with one attached hydrogen (secondary N) is 4. The Morgan fingerprint density at radius 1 is 1.10 bits per heavy atom. The Bertz CT molecular complexity index is 1560. The number of nitrogens with zero attached hydrogens (tertiary/aromatic N) is 2. The number of pyridine rings is 1. The molecule has 1 aliphatic carbocycles. The van der Waals surface area contributed by atoms with Gasteiger partial charge in [0.15, 0.2) is 0 Å². The molecule has 3 aromatic rings. The molecule has 1 unspecified atom stereocenters. The number of likely N-dealkylation sites (tertiary alicyclic amines) is 1. The minimum atomic E-state index is -0.421. The maximum Gasteiger partial charge on any atom is 0.319 e. The fraction of sp³-hybridized carbons (Fsp3) is 0.424.